The zero-order chi connectivity index (χ0) is 10.7. The Labute approximate surface area is 91.6 Å². The maximum atomic E-state index is 5.86. The number of hydrogen-bond donors (Lipinski definition) is 1. The van der Waals surface area contributed by atoms with Gasteiger partial charge in [0.05, 0.1) is 12.2 Å². The number of aryl methyl sites for hydroxylation is 1. The van der Waals surface area contributed by atoms with Crippen molar-refractivity contribution in [2.45, 2.75) is 32.5 Å². The third-order valence-electron chi connectivity index (χ3n) is 3.02. The summed E-state index contributed by atoms with van der Waals surface area (Å²) in [5, 5.41) is 3.23. The summed E-state index contributed by atoms with van der Waals surface area (Å²) in [6, 6.07) is 8.68. The van der Waals surface area contributed by atoms with E-state index < -0.39 is 0 Å². The standard InChI is InChI=1S/C13H19NO/c1-3-11-4-6-12(7-5-11)8-15-13(2)9-14-10-13/h4-7,14H,3,8-10H2,1-2H3. The van der Waals surface area contributed by atoms with Crippen LogP contribution in [0, 0.1) is 0 Å². The van der Waals surface area contributed by atoms with Gasteiger partial charge in [-0.05, 0) is 24.5 Å². The Morgan fingerprint density at radius 3 is 2.27 bits per heavy atom. The summed E-state index contributed by atoms with van der Waals surface area (Å²) in [6.45, 7) is 7.00. The van der Waals surface area contributed by atoms with Gasteiger partial charge in [0, 0.05) is 13.1 Å². The molecule has 15 heavy (non-hydrogen) atoms. The van der Waals surface area contributed by atoms with E-state index in [1.165, 1.54) is 11.1 Å². The molecule has 2 rings (SSSR count). The van der Waals surface area contributed by atoms with Crippen molar-refractivity contribution in [3.63, 3.8) is 0 Å². The van der Waals surface area contributed by atoms with Crippen LogP contribution < -0.4 is 5.32 Å². The lowest BCUT2D eigenvalue weighted by Gasteiger charge is -2.39. The van der Waals surface area contributed by atoms with E-state index in [-0.39, 0.29) is 5.60 Å². The third-order valence-corrected chi connectivity index (χ3v) is 3.02. The summed E-state index contributed by atoms with van der Waals surface area (Å²) in [5.74, 6) is 0. The summed E-state index contributed by atoms with van der Waals surface area (Å²) in [4.78, 5) is 0. The molecule has 1 aliphatic heterocycles. The smallest absolute Gasteiger partial charge is 0.0906 e. The monoisotopic (exact) mass is 205 g/mol. The van der Waals surface area contributed by atoms with E-state index in [1.54, 1.807) is 0 Å². The summed E-state index contributed by atoms with van der Waals surface area (Å²) >= 11 is 0. The first-order valence-electron chi connectivity index (χ1n) is 5.64. The van der Waals surface area contributed by atoms with Gasteiger partial charge in [-0.1, -0.05) is 31.2 Å². The molecule has 0 aliphatic carbocycles. The second kappa shape index (κ2) is 4.33. The maximum absolute atomic E-state index is 5.86. The molecule has 1 saturated heterocycles. The zero-order valence-corrected chi connectivity index (χ0v) is 9.55. The average molecular weight is 205 g/mol. The molecular weight excluding hydrogens is 186 g/mol. The maximum Gasteiger partial charge on any atom is 0.0906 e. The summed E-state index contributed by atoms with van der Waals surface area (Å²) in [5.41, 5.74) is 2.71. The van der Waals surface area contributed by atoms with E-state index in [0.29, 0.717) is 0 Å². The summed E-state index contributed by atoms with van der Waals surface area (Å²) < 4.78 is 5.86. The van der Waals surface area contributed by atoms with Gasteiger partial charge in [-0.25, -0.2) is 0 Å². The van der Waals surface area contributed by atoms with Crippen molar-refractivity contribution in [3.8, 4) is 0 Å². The number of ether oxygens (including phenoxy) is 1. The van der Waals surface area contributed by atoms with E-state index in [0.717, 1.165) is 26.1 Å². The van der Waals surface area contributed by atoms with Crippen LogP contribution in [0.5, 0.6) is 0 Å². The largest absolute Gasteiger partial charge is 0.368 e. The lowest BCUT2D eigenvalue weighted by molar-refractivity contribution is -0.0767. The zero-order valence-electron chi connectivity index (χ0n) is 9.55. The van der Waals surface area contributed by atoms with Gasteiger partial charge in [-0.3, -0.25) is 0 Å². The lowest BCUT2D eigenvalue weighted by Crippen LogP contribution is -2.58. The molecule has 2 nitrogen and oxygen atoms in total. The fraction of sp³-hybridized carbons (Fsp3) is 0.538. The van der Waals surface area contributed by atoms with Crippen molar-refractivity contribution in [2.75, 3.05) is 13.1 Å². The molecule has 0 bridgehead atoms. The van der Waals surface area contributed by atoms with Gasteiger partial charge in [0.25, 0.3) is 0 Å². The predicted octanol–water partition coefficient (Wildman–Crippen LogP) is 2.13. The Balaban J connectivity index is 1.87. The molecule has 1 heterocycles. The van der Waals surface area contributed by atoms with Gasteiger partial charge in [0.1, 0.15) is 0 Å². The molecule has 1 aliphatic rings. The molecule has 0 aromatic heterocycles. The molecule has 0 radical (unpaired) electrons. The molecule has 1 aromatic rings. The van der Waals surface area contributed by atoms with E-state index >= 15 is 0 Å². The SMILES string of the molecule is CCc1ccc(COC2(C)CNC2)cc1. The highest BCUT2D eigenvalue weighted by atomic mass is 16.5. The Morgan fingerprint density at radius 1 is 1.20 bits per heavy atom. The van der Waals surface area contributed by atoms with Gasteiger partial charge in [-0.15, -0.1) is 0 Å². The predicted molar refractivity (Wildman–Crippen MR) is 61.9 cm³/mol. The molecular formula is C13H19NO. The van der Waals surface area contributed by atoms with Gasteiger partial charge in [0.2, 0.25) is 0 Å². The quantitative estimate of drug-likeness (QED) is 0.813. The molecule has 1 N–H and O–H groups in total. The normalized spacial score (nSPS) is 18.5. The molecule has 0 atom stereocenters. The number of nitrogens with one attached hydrogen (secondary N) is 1. The fourth-order valence-corrected chi connectivity index (χ4v) is 1.71. The highest BCUT2D eigenvalue weighted by Crippen LogP contribution is 2.18. The van der Waals surface area contributed by atoms with E-state index in [9.17, 15) is 0 Å². The molecule has 2 heteroatoms. The molecule has 1 fully saturated rings. The minimum atomic E-state index is 0.0590. The van der Waals surface area contributed by atoms with Crippen molar-refractivity contribution in [2.24, 2.45) is 0 Å². The first-order valence-corrected chi connectivity index (χ1v) is 5.64. The first kappa shape index (κ1) is 10.7. The number of benzene rings is 1. The van der Waals surface area contributed by atoms with Gasteiger partial charge < -0.3 is 10.1 Å². The second-order valence-electron chi connectivity index (χ2n) is 4.51. The van der Waals surface area contributed by atoms with Gasteiger partial charge >= 0.3 is 0 Å². The van der Waals surface area contributed by atoms with Crippen molar-refractivity contribution in [1.29, 1.82) is 0 Å². The van der Waals surface area contributed by atoms with Crippen LogP contribution in [0.2, 0.25) is 0 Å². The Bertz CT molecular complexity index is 314. The number of hydrogen-bond acceptors (Lipinski definition) is 2. The third kappa shape index (κ3) is 2.58. The lowest BCUT2D eigenvalue weighted by atomic mass is 10.00. The van der Waals surface area contributed by atoms with Crippen LogP contribution in [0.15, 0.2) is 24.3 Å². The molecule has 0 unspecified atom stereocenters. The van der Waals surface area contributed by atoms with Crippen LogP contribution in [-0.2, 0) is 17.8 Å². The minimum Gasteiger partial charge on any atom is -0.368 e. The van der Waals surface area contributed by atoms with E-state index in [1.807, 2.05) is 0 Å². The van der Waals surface area contributed by atoms with Crippen LogP contribution >= 0.6 is 0 Å². The molecule has 82 valence electrons. The first-order chi connectivity index (χ1) is 7.22. The highest BCUT2D eigenvalue weighted by molar-refractivity contribution is 5.21. The Kier molecular flexibility index (Phi) is 3.08. The van der Waals surface area contributed by atoms with Crippen LogP contribution in [0.4, 0.5) is 0 Å². The summed E-state index contributed by atoms with van der Waals surface area (Å²) in [7, 11) is 0. The van der Waals surface area contributed by atoms with Crippen molar-refractivity contribution >= 4 is 0 Å². The van der Waals surface area contributed by atoms with Gasteiger partial charge in [0.15, 0.2) is 0 Å². The van der Waals surface area contributed by atoms with E-state index in [2.05, 4.69) is 43.4 Å². The van der Waals surface area contributed by atoms with Crippen LogP contribution in [0.3, 0.4) is 0 Å². The van der Waals surface area contributed by atoms with Crippen molar-refractivity contribution in [3.05, 3.63) is 35.4 Å². The Morgan fingerprint density at radius 2 is 1.80 bits per heavy atom. The molecule has 0 spiro atoms. The van der Waals surface area contributed by atoms with Gasteiger partial charge in [-0.2, -0.15) is 0 Å². The molecule has 1 aromatic carbocycles. The van der Waals surface area contributed by atoms with Crippen molar-refractivity contribution in [1.82, 2.24) is 5.32 Å². The number of rotatable bonds is 4. The highest BCUT2D eigenvalue weighted by Gasteiger charge is 2.32. The van der Waals surface area contributed by atoms with E-state index in [4.69, 9.17) is 4.74 Å². The summed E-state index contributed by atoms with van der Waals surface area (Å²) in [6.07, 6.45) is 1.10. The Hall–Kier alpha value is -0.860. The van der Waals surface area contributed by atoms with Crippen molar-refractivity contribution < 1.29 is 4.74 Å². The average Bonchev–Trinajstić information content (AvgIpc) is 2.24. The van der Waals surface area contributed by atoms with Crippen LogP contribution in [-0.4, -0.2) is 18.7 Å². The molecule has 0 amide bonds. The minimum absolute atomic E-state index is 0.0590. The second-order valence-corrected chi connectivity index (χ2v) is 4.51. The topological polar surface area (TPSA) is 21.3 Å². The van der Waals surface area contributed by atoms with Crippen LogP contribution in [0.1, 0.15) is 25.0 Å². The fourth-order valence-electron chi connectivity index (χ4n) is 1.71. The molecule has 0 saturated carbocycles. The van der Waals surface area contributed by atoms with Crippen LogP contribution in [0.25, 0.3) is 0 Å².